The Morgan fingerprint density at radius 1 is 1.32 bits per heavy atom. The molecule has 1 aliphatic rings. The van der Waals surface area contributed by atoms with Crippen LogP contribution in [-0.2, 0) is 25.4 Å². The molecular weight excluding hydrogens is 284 g/mol. The molecular formula is C17H24O5. The van der Waals surface area contributed by atoms with Crippen molar-refractivity contribution in [3.8, 4) is 5.75 Å². The highest BCUT2D eigenvalue weighted by Gasteiger charge is 2.24. The van der Waals surface area contributed by atoms with Crippen molar-refractivity contribution in [2.75, 3.05) is 19.8 Å². The Labute approximate surface area is 131 Å². The average Bonchev–Trinajstić information content (AvgIpc) is 3.30. The second kappa shape index (κ2) is 8.15. The van der Waals surface area contributed by atoms with Crippen LogP contribution < -0.4 is 4.74 Å². The Balaban J connectivity index is 1.91. The molecule has 0 aliphatic carbocycles. The van der Waals surface area contributed by atoms with E-state index in [1.54, 1.807) is 6.92 Å². The van der Waals surface area contributed by atoms with Crippen molar-refractivity contribution in [2.24, 2.45) is 0 Å². The van der Waals surface area contributed by atoms with Crippen LogP contribution in [0.15, 0.2) is 24.3 Å². The Morgan fingerprint density at radius 2 is 2.00 bits per heavy atom. The smallest absolute Gasteiger partial charge is 0.335 e. The fourth-order valence-electron chi connectivity index (χ4n) is 2.04. The first-order valence-electron chi connectivity index (χ1n) is 7.74. The van der Waals surface area contributed by atoms with E-state index in [0.29, 0.717) is 19.6 Å². The molecule has 2 rings (SSSR count). The lowest BCUT2D eigenvalue weighted by Crippen LogP contribution is -2.31. The summed E-state index contributed by atoms with van der Waals surface area (Å²) in [7, 11) is 0. The molecule has 0 bridgehead atoms. The molecule has 5 nitrogen and oxygen atoms in total. The lowest BCUT2D eigenvalue weighted by molar-refractivity contribution is -0.159. The van der Waals surface area contributed by atoms with Crippen molar-refractivity contribution in [2.45, 2.75) is 45.5 Å². The molecule has 122 valence electrons. The second-order valence-corrected chi connectivity index (χ2v) is 5.54. The van der Waals surface area contributed by atoms with Crippen LogP contribution in [0, 0.1) is 0 Å². The Bertz CT molecular complexity index is 464. The number of carbonyl (C=O) groups is 1. The summed E-state index contributed by atoms with van der Waals surface area (Å²) in [6.45, 7) is 7.33. The molecule has 0 radical (unpaired) electrons. The molecule has 0 amide bonds. The molecule has 2 unspecified atom stereocenters. The lowest BCUT2D eigenvalue weighted by atomic mass is 10.1. The van der Waals surface area contributed by atoms with E-state index >= 15 is 0 Å². The van der Waals surface area contributed by atoms with Gasteiger partial charge in [0.25, 0.3) is 0 Å². The number of rotatable bonds is 9. The van der Waals surface area contributed by atoms with Crippen molar-refractivity contribution in [1.29, 1.82) is 0 Å². The van der Waals surface area contributed by atoms with Gasteiger partial charge in [0.15, 0.2) is 6.10 Å². The number of benzene rings is 1. The number of epoxide rings is 1. The van der Waals surface area contributed by atoms with Crippen LogP contribution in [0.4, 0.5) is 0 Å². The largest absolute Gasteiger partial charge is 0.491 e. The normalized spacial score (nSPS) is 18.1. The van der Waals surface area contributed by atoms with Gasteiger partial charge in [-0.2, -0.15) is 0 Å². The van der Waals surface area contributed by atoms with Gasteiger partial charge in [0.1, 0.15) is 18.5 Å². The van der Waals surface area contributed by atoms with E-state index in [1.807, 2.05) is 38.1 Å². The molecule has 5 heteroatoms. The van der Waals surface area contributed by atoms with Gasteiger partial charge in [-0.05, 0) is 38.5 Å². The van der Waals surface area contributed by atoms with E-state index in [0.717, 1.165) is 17.9 Å². The van der Waals surface area contributed by atoms with Gasteiger partial charge in [-0.1, -0.05) is 12.1 Å². The van der Waals surface area contributed by atoms with Crippen LogP contribution in [0.3, 0.4) is 0 Å². The van der Waals surface area contributed by atoms with Gasteiger partial charge >= 0.3 is 5.97 Å². The van der Waals surface area contributed by atoms with Gasteiger partial charge in [0.05, 0.1) is 19.3 Å². The monoisotopic (exact) mass is 308 g/mol. The SMILES string of the molecule is CCOC(=O)C(Cc1ccc(OCC2CO2)cc1)OC(C)C. The van der Waals surface area contributed by atoms with E-state index < -0.39 is 6.10 Å². The molecule has 1 fully saturated rings. The van der Waals surface area contributed by atoms with Gasteiger partial charge < -0.3 is 18.9 Å². The summed E-state index contributed by atoms with van der Waals surface area (Å²) in [6, 6.07) is 7.68. The third kappa shape index (κ3) is 5.66. The summed E-state index contributed by atoms with van der Waals surface area (Å²) < 4.78 is 21.4. The van der Waals surface area contributed by atoms with E-state index in [4.69, 9.17) is 18.9 Å². The topological polar surface area (TPSA) is 57.3 Å². The Morgan fingerprint density at radius 3 is 2.55 bits per heavy atom. The average molecular weight is 308 g/mol. The van der Waals surface area contributed by atoms with E-state index in [1.165, 1.54) is 0 Å². The first-order chi connectivity index (χ1) is 10.6. The fourth-order valence-corrected chi connectivity index (χ4v) is 2.04. The predicted octanol–water partition coefficient (Wildman–Crippen LogP) is 2.36. The van der Waals surface area contributed by atoms with E-state index in [-0.39, 0.29) is 18.2 Å². The molecule has 22 heavy (non-hydrogen) atoms. The minimum Gasteiger partial charge on any atom is -0.491 e. The van der Waals surface area contributed by atoms with Crippen LogP contribution in [-0.4, -0.2) is 44.1 Å². The summed E-state index contributed by atoms with van der Waals surface area (Å²) in [5, 5.41) is 0. The highest BCUT2D eigenvalue weighted by atomic mass is 16.6. The minimum absolute atomic E-state index is 0.0319. The maximum Gasteiger partial charge on any atom is 0.335 e. The summed E-state index contributed by atoms with van der Waals surface area (Å²) >= 11 is 0. The van der Waals surface area contributed by atoms with Crippen molar-refractivity contribution < 1.29 is 23.7 Å². The zero-order chi connectivity index (χ0) is 15.9. The summed E-state index contributed by atoms with van der Waals surface area (Å²) in [6.07, 6.45) is 0.123. The van der Waals surface area contributed by atoms with E-state index in [9.17, 15) is 4.79 Å². The van der Waals surface area contributed by atoms with Crippen molar-refractivity contribution >= 4 is 5.97 Å². The Kier molecular flexibility index (Phi) is 6.21. The summed E-state index contributed by atoms with van der Waals surface area (Å²) in [5.41, 5.74) is 1.01. The van der Waals surface area contributed by atoms with Crippen LogP contribution in [0.25, 0.3) is 0 Å². The van der Waals surface area contributed by atoms with Gasteiger partial charge in [0, 0.05) is 6.42 Å². The third-order valence-electron chi connectivity index (χ3n) is 3.17. The number of hydrogen-bond donors (Lipinski definition) is 0. The summed E-state index contributed by atoms with van der Waals surface area (Å²) in [4.78, 5) is 11.9. The highest BCUT2D eigenvalue weighted by molar-refractivity contribution is 5.75. The number of carbonyl (C=O) groups excluding carboxylic acids is 1. The van der Waals surface area contributed by atoms with Crippen LogP contribution >= 0.6 is 0 Å². The molecule has 0 spiro atoms. The van der Waals surface area contributed by atoms with Crippen LogP contribution in [0.5, 0.6) is 5.75 Å². The maximum absolute atomic E-state index is 11.9. The first kappa shape index (κ1) is 16.8. The van der Waals surface area contributed by atoms with Gasteiger partial charge in [0.2, 0.25) is 0 Å². The zero-order valence-corrected chi connectivity index (χ0v) is 13.4. The number of ether oxygens (including phenoxy) is 4. The molecule has 1 aromatic rings. The number of esters is 1. The molecule has 1 aliphatic heterocycles. The fraction of sp³-hybridized carbons (Fsp3) is 0.588. The van der Waals surface area contributed by atoms with Crippen molar-refractivity contribution in [3.05, 3.63) is 29.8 Å². The standard InChI is InChI=1S/C17H24O5/c1-4-19-17(18)16(22-12(2)3)9-13-5-7-14(8-6-13)20-10-15-11-21-15/h5-8,12,15-16H,4,9-11H2,1-3H3. The van der Waals surface area contributed by atoms with Crippen molar-refractivity contribution in [3.63, 3.8) is 0 Å². The Hall–Kier alpha value is -1.59. The minimum atomic E-state index is -0.577. The lowest BCUT2D eigenvalue weighted by Gasteiger charge is -2.19. The molecule has 0 N–H and O–H groups in total. The zero-order valence-electron chi connectivity index (χ0n) is 13.4. The quantitative estimate of drug-likeness (QED) is 0.518. The molecule has 2 atom stereocenters. The predicted molar refractivity (Wildman–Crippen MR) is 82.0 cm³/mol. The van der Waals surface area contributed by atoms with Gasteiger partial charge in [-0.15, -0.1) is 0 Å². The maximum atomic E-state index is 11.9. The first-order valence-corrected chi connectivity index (χ1v) is 7.74. The van der Waals surface area contributed by atoms with Crippen LogP contribution in [0.2, 0.25) is 0 Å². The molecule has 1 saturated heterocycles. The molecule has 1 aromatic carbocycles. The molecule has 0 aromatic heterocycles. The van der Waals surface area contributed by atoms with Gasteiger partial charge in [-0.3, -0.25) is 0 Å². The highest BCUT2D eigenvalue weighted by Crippen LogP contribution is 2.17. The molecule has 0 saturated carbocycles. The van der Waals surface area contributed by atoms with Gasteiger partial charge in [-0.25, -0.2) is 4.79 Å². The molecule has 1 heterocycles. The summed E-state index contributed by atoms with van der Waals surface area (Å²) in [5.74, 6) is 0.485. The second-order valence-electron chi connectivity index (χ2n) is 5.54. The number of hydrogen-bond acceptors (Lipinski definition) is 5. The van der Waals surface area contributed by atoms with Crippen LogP contribution in [0.1, 0.15) is 26.3 Å². The van der Waals surface area contributed by atoms with E-state index in [2.05, 4.69) is 0 Å². The van der Waals surface area contributed by atoms with Crippen molar-refractivity contribution in [1.82, 2.24) is 0 Å². The third-order valence-corrected chi connectivity index (χ3v) is 3.17.